The number of aryl methyl sites for hydroxylation is 1. The average molecular weight is 477 g/mol. The first-order valence-corrected chi connectivity index (χ1v) is 12.1. The quantitative estimate of drug-likeness (QED) is 0.562. The molecule has 1 heterocycles. The topological polar surface area (TPSA) is 108 Å². The fourth-order valence-corrected chi connectivity index (χ4v) is 5.90. The van der Waals surface area contributed by atoms with E-state index in [0.717, 1.165) is 16.7 Å². The monoisotopic (exact) mass is 476 g/mol. The predicted molar refractivity (Wildman–Crippen MR) is 128 cm³/mol. The van der Waals surface area contributed by atoms with E-state index in [-0.39, 0.29) is 11.4 Å². The molecule has 0 fully saturated rings. The Labute approximate surface area is 198 Å². The van der Waals surface area contributed by atoms with Gasteiger partial charge in [0.25, 0.3) is 10.0 Å². The van der Waals surface area contributed by atoms with E-state index in [0.29, 0.717) is 22.6 Å². The summed E-state index contributed by atoms with van der Waals surface area (Å²) in [4.78, 5) is 10.9. The van der Waals surface area contributed by atoms with Crippen molar-refractivity contribution in [2.75, 3.05) is 17.5 Å². The van der Waals surface area contributed by atoms with Crippen LogP contribution in [0.4, 0.5) is 5.69 Å². The Morgan fingerprint density at radius 1 is 1.09 bits per heavy atom. The number of sulfonamides is 1. The molecule has 0 saturated heterocycles. The number of nitriles is 1. The Kier molecular flexibility index (Phi) is 5.84. The number of hydrogen-bond acceptors (Lipinski definition) is 5. The summed E-state index contributed by atoms with van der Waals surface area (Å²) in [6.45, 7) is 5.50. The lowest BCUT2D eigenvalue weighted by Gasteiger charge is -2.22. The molecular weight excluding hydrogens is 452 g/mol. The molecule has 1 aliphatic heterocycles. The second-order valence-electron chi connectivity index (χ2n) is 8.93. The largest absolute Gasteiger partial charge is 0.482 e. The maximum atomic E-state index is 13.6. The molecule has 0 spiro atoms. The van der Waals surface area contributed by atoms with Crippen LogP contribution >= 0.6 is 0 Å². The molecule has 4 rings (SSSR count). The molecule has 0 radical (unpaired) electrons. The van der Waals surface area contributed by atoms with Gasteiger partial charge in [-0.3, -0.25) is 4.31 Å². The highest BCUT2D eigenvalue weighted by Gasteiger charge is 2.41. The Morgan fingerprint density at radius 2 is 1.76 bits per heavy atom. The third-order valence-electron chi connectivity index (χ3n) is 5.97. The van der Waals surface area contributed by atoms with Crippen LogP contribution in [0.2, 0.25) is 0 Å². The highest BCUT2D eigenvalue weighted by molar-refractivity contribution is 7.92. The SMILES string of the molecule is Cc1cc(S(=O)(=O)N2CC(C)(C)c3cc(-c4ccc(C#N)cc4)ccc32)ccc1OCC(=O)O. The zero-order valence-electron chi connectivity index (χ0n) is 19.1. The van der Waals surface area contributed by atoms with E-state index in [4.69, 9.17) is 15.1 Å². The van der Waals surface area contributed by atoms with E-state index in [1.807, 2.05) is 44.2 Å². The molecule has 0 bridgehead atoms. The third-order valence-corrected chi connectivity index (χ3v) is 7.72. The molecule has 3 aromatic carbocycles. The zero-order chi connectivity index (χ0) is 24.7. The molecule has 0 amide bonds. The van der Waals surface area contributed by atoms with Gasteiger partial charge in [-0.05, 0) is 71.6 Å². The third kappa shape index (κ3) is 4.22. The van der Waals surface area contributed by atoms with Gasteiger partial charge in [0.05, 0.1) is 22.2 Å². The van der Waals surface area contributed by atoms with Crippen LogP contribution in [0.15, 0.2) is 65.6 Å². The summed E-state index contributed by atoms with van der Waals surface area (Å²) in [7, 11) is -3.85. The van der Waals surface area contributed by atoms with Crippen LogP contribution in [-0.2, 0) is 20.2 Å². The summed E-state index contributed by atoms with van der Waals surface area (Å²) in [6, 6.07) is 19.6. The van der Waals surface area contributed by atoms with Crippen molar-refractivity contribution >= 4 is 21.7 Å². The molecule has 7 nitrogen and oxygen atoms in total. The van der Waals surface area contributed by atoms with Crippen molar-refractivity contribution < 1.29 is 23.1 Å². The normalized spacial score (nSPS) is 14.4. The molecule has 0 aliphatic carbocycles. The molecule has 1 N–H and O–H groups in total. The maximum Gasteiger partial charge on any atom is 0.341 e. The van der Waals surface area contributed by atoms with Gasteiger partial charge in [0, 0.05) is 12.0 Å². The Bertz CT molecular complexity index is 1420. The van der Waals surface area contributed by atoms with Gasteiger partial charge < -0.3 is 9.84 Å². The van der Waals surface area contributed by atoms with E-state index < -0.39 is 28.0 Å². The van der Waals surface area contributed by atoms with Gasteiger partial charge in [-0.1, -0.05) is 32.0 Å². The molecule has 174 valence electrons. The lowest BCUT2D eigenvalue weighted by Crippen LogP contribution is -2.34. The number of aliphatic carboxylic acids is 1. The number of carboxylic acids is 1. The van der Waals surface area contributed by atoms with Gasteiger partial charge in [0.1, 0.15) is 5.75 Å². The van der Waals surface area contributed by atoms with E-state index in [1.54, 1.807) is 19.1 Å². The predicted octanol–water partition coefficient (Wildman–Crippen LogP) is 4.48. The lowest BCUT2D eigenvalue weighted by atomic mass is 9.85. The molecular formula is C26H24N2O5S. The number of carbonyl (C=O) groups is 1. The van der Waals surface area contributed by atoms with E-state index in [2.05, 4.69) is 6.07 Å². The van der Waals surface area contributed by atoms with Crippen molar-refractivity contribution in [2.45, 2.75) is 31.1 Å². The lowest BCUT2D eigenvalue weighted by molar-refractivity contribution is -0.139. The number of fused-ring (bicyclic) bond motifs is 1. The minimum absolute atomic E-state index is 0.118. The van der Waals surface area contributed by atoms with Crippen molar-refractivity contribution in [3.05, 3.63) is 77.4 Å². The summed E-state index contributed by atoms with van der Waals surface area (Å²) in [5, 5.41) is 17.8. The van der Waals surface area contributed by atoms with E-state index in [9.17, 15) is 13.2 Å². The van der Waals surface area contributed by atoms with Crippen molar-refractivity contribution in [1.82, 2.24) is 0 Å². The van der Waals surface area contributed by atoms with Gasteiger partial charge >= 0.3 is 5.97 Å². The number of carboxylic acid groups (broad SMARTS) is 1. The van der Waals surface area contributed by atoms with Crippen LogP contribution in [0.25, 0.3) is 11.1 Å². The highest BCUT2D eigenvalue weighted by atomic mass is 32.2. The maximum absolute atomic E-state index is 13.6. The fourth-order valence-electron chi connectivity index (χ4n) is 4.17. The standard InChI is InChI=1S/C26H24N2O5S/c1-17-12-21(9-11-24(17)33-15-25(29)30)34(31,32)28-16-26(2,3)22-13-20(8-10-23(22)28)19-6-4-18(14-27)5-7-19/h4-13H,15-16H2,1-3H3,(H,29,30). The molecule has 3 aromatic rings. The smallest absolute Gasteiger partial charge is 0.341 e. The van der Waals surface area contributed by atoms with Crippen molar-refractivity contribution in [3.63, 3.8) is 0 Å². The van der Waals surface area contributed by atoms with Crippen LogP contribution in [-0.4, -0.2) is 32.6 Å². The second-order valence-corrected chi connectivity index (χ2v) is 10.8. The van der Waals surface area contributed by atoms with Crippen LogP contribution < -0.4 is 9.04 Å². The van der Waals surface area contributed by atoms with Gasteiger partial charge in [0.2, 0.25) is 0 Å². The number of hydrogen-bond donors (Lipinski definition) is 1. The molecule has 0 unspecified atom stereocenters. The Balaban J connectivity index is 1.70. The molecule has 34 heavy (non-hydrogen) atoms. The first-order chi connectivity index (χ1) is 16.0. The fraction of sp³-hybridized carbons (Fsp3) is 0.231. The van der Waals surface area contributed by atoms with Crippen molar-refractivity contribution in [2.24, 2.45) is 0 Å². The molecule has 0 aromatic heterocycles. The highest BCUT2D eigenvalue weighted by Crippen LogP contribution is 2.45. The number of rotatable bonds is 6. The van der Waals surface area contributed by atoms with E-state index in [1.165, 1.54) is 22.5 Å². The summed E-state index contributed by atoms with van der Waals surface area (Å²) in [5.41, 5.74) is 4.17. The minimum Gasteiger partial charge on any atom is -0.482 e. The second kappa shape index (κ2) is 8.50. The van der Waals surface area contributed by atoms with Crippen LogP contribution in [0, 0.1) is 18.3 Å². The number of ether oxygens (including phenoxy) is 1. The van der Waals surface area contributed by atoms with Gasteiger partial charge in [-0.2, -0.15) is 5.26 Å². The number of anilines is 1. The van der Waals surface area contributed by atoms with Crippen molar-refractivity contribution in [3.8, 4) is 22.9 Å². The summed E-state index contributed by atoms with van der Waals surface area (Å²) in [5.74, 6) is -0.775. The minimum atomic E-state index is -3.85. The molecule has 0 atom stereocenters. The summed E-state index contributed by atoms with van der Waals surface area (Å²) >= 11 is 0. The van der Waals surface area contributed by atoms with Gasteiger partial charge in [0.15, 0.2) is 6.61 Å². The zero-order valence-corrected chi connectivity index (χ0v) is 19.9. The molecule has 1 aliphatic rings. The first kappa shape index (κ1) is 23.3. The molecule has 8 heteroatoms. The summed E-state index contributed by atoms with van der Waals surface area (Å²) < 4.78 is 33.9. The Hall–Kier alpha value is -3.83. The van der Waals surface area contributed by atoms with E-state index >= 15 is 0 Å². The van der Waals surface area contributed by atoms with Crippen LogP contribution in [0.1, 0.15) is 30.5 Å². The van der Waals surface area contributed by atoms with Gasteiger partial charge in [-0.15, -0.1) is 0 Å². The van der Waals surface area contributed by atoms with Crippen LogP contribution in [0.5, 0.6) is 5.75 Å². The molecule has 0 saturated carbocycles. The van der Waals surface area contributed by atoms with Crippen LogP contribution in [0.3, 0.4) is 0 Å². The Morgan fingerprint density at radius 3 is 2.38 bits per heavy atom. The number of nitrogens with zero attached hydrogens (tertiary/aromatic N) is 2. The summed E-state index contributed by atoms with van der Waals surface area (Å²) in [6.07, 6.45) is 0. The number of benzene rings is 3. The van der Waals surface area contributed by atoms with Gasteiger partial charge in [-0.25, -0.2) is 13.2 Å². The van der Waals surface area contributed by atoms with Crippen molar-refractivity contribution in [1.29, 1.82) is 5.26 Å². The average Bonchev–Trinajstić information content (AvgIpc) is 3.09. The first-order valence-electron chi connectivity index (χ1n) is 10.7.